The third kappa shape index (κ3) is 6.44. The fourth-order valence-electron chi connectivity index (χ4n) is 7.56. The van der Waals surface area contributed by atoms with Crippen molar-refractivity contribution in [3.63, 3.8) is 0 Å². The second-order valence-corrected chi connectivity index (χ2v) is 14.9. The molecule has 8 aromatic carbocycles. The molecular formula is C52H32N4S. The summed E-state index contributed by atoms with van der Waals surface area (Å²) in [6, 6.07) is 67.1. The quantitative estimate of drug-likeness (QED) is 0.153. The second-order valence-electron chi connectivity index (χ2n) is 13.9. The maximum Gasteiger partial charge on any atom is 0.187 e. The first-order valence-corrected chi connectivity index (χ1v) is 19.6. The van der Waals surface area contributed by atoms with Crippen LogP contribution in [0.3, 0.4) is 0 Å². The van der Waals surface area contributed by atoms with Crippen molar-refractivity contribution >= 4 is 37.2 Å². The molecule has 10 aromatic rings. The number of aromatic nitrogens is 3. The van der Waals surface area contributed by atoms with Crippen molar-refractivity contribution in [2.45, 2.75) is 0 Å². The predicted molar refractivity (Wildman–Crippen MR) is 237 cm³/mol. The van der Waals surface area contributed by atoms with Gasteiger partial charge in [0.1, 0.15) is 0 Å². The van der Waals surface area contributed by atoms with Gasteiger partial charge in [0.25, 0.3) is 0 Å². The van der Waals surface area contributed by atoms with E-state index in [-0.39, 0.29) is 0 Å². The smallest absolute Gasteiger partial charge is 0.187 e. The fourth-order valence-corrected chi connectivity index (χ4v) is 8.94. The molecule has 0 bridgehead atoms. The number of hydrogen-bond donors (Lipinski definition) is 0. The van der Waals surface area contributed by atoms with Crippen LogP contribution in [0.1, 0.15) is 0 Å². The van der Waals surface area contributed by atoms with Gasteiger partial charge in [-0.15, -0.1) is 11.3 Å². The molecule has 0 radical (unpaired) electrons. The maximum absolute atomic E-state index is 7.73. The molecule has 0 aliphatic carbocycles. The Labute approximate surface area is 334 Å². The Kier molecular flexibility index (Phi) is 8.72. The molecule has 57 heavy (non-hydrogen) atoms. The van der Waals surface area contributed by atoms with Crippen molar-refractivity contribution in [3.05, 3.63) is 206 Å². The molecular weight excluding hydrogens is 713 g/mol. The van der Waals surface area contributed by atoms with Crippen LogP contribution in [0.5, 0.6) is 0 Å². The minimum atomic E-state index is 0.621. The summed E-state index contributed by atoms with van der Waals surface area (Å²) in [6.45, 7) is 7.73. The van der Waals surface area contributed by atoms with E-state index >= 15 is 0 Å². The van der Waals surface area contributed by atoms with Gasteiger partial charge in [-0.25, -0.2) is 19.8 Å². The Morgan fingerprint density at radius 3 is 1.40 bits per heavy atom. The van der Waals surface area contributed by atoms with E-state index in [9.17, 15) is 0 Å². The molecule has 0 spiro atoms. The van der Waals surface area contributed by atoms with Gasteiger partial charge in [0.05, 0.1) is 6.57 Å². The number of fused-ring (bicyclic) bond motifs is 3. The highest BCUT2D eigenvalue weighted by molar-refractivity contribution is 7.27. The first kappa shape index (κ1) is 34.0. The number of nitrogens with zero attached hydrogens (tertiary/aromatic N) is 4. The van der Waals surface area contributed by atoms with Crippen LogP contribution in [-0.2, 0) is 0 Å². The SMILES string of the molecule is [C-]#[N+]c1cccc(-c2ccc(-c3ccc(-c4nc(-c5ccccc5)nc(-c5ccccc5)n4)cc3)c3c2sc2c(-c4ccccc4)cc(-c4ccccc4)cc23)c1. The summed E-state index contributed by atoms with van der Waals surface area (Å²) in [6.07, 6.45) is 0. The first-order valence-electron chi connectivity index (χ1n) is 18.8. The maximum atomic E-state index is 7.73. The summed E-state index contributed by atoms with van der Waals surface area (Å²) in [5.41, 5.74) is 12.5. The molecule has 0 unspecified atom stereocenters. The molecule has 0 aliphatic heterocycles. The monoisotopic (exact) mass is 744 g/mol. The van der Waals surface area contributed by atoms with Gasteiger partial charge in [0.15, 0.2) is 23.2 Å². The Morgan fingerprint density at radius 2 is 0.825 bits per heavy atom. The number of benzene rings is 8. The zero-order valence-corrected chi connectivity index (χ0v) is 31.5. The standard InChI is InChI=1S/C52H32N4S/c1-53-42-24-14-23-40(31-42)44-30-29-43(47-46-33-41(34-15-6-2-7-16-34)32-45(48(46)57-49(44)47)35-17-8-3-9-18-35)36-25-27-39(28-26-36)52-55-50(37-19-10-4-11-20-37)54-51(56-52)38-21-12-5-13-22-38/h2-33H. The number of thiophene rings is 1. The van der Waals surface area contributed by atoms with E-state index < -0.39 is 0 Å². The molecule has 10 rings (SSSR count). The lowest BCUT2D eigenvalue weighted by molar-refractivity contribution is 1.07. The summed E-state index contributed by atoms with van der Waals surface area (Å²) in [7, 11) is 0. The number of hydrogen-bond acceptors (Lipinski definition) is 4. The van der Waals surface area contributed by atoms with E-state index in [1.807, 2.05) is 90.2 Å². The Balaban J connectivity index is 1.19. The molecule has 4 nitrogen and oxygen atoms in total. The van der Waals surface area contributed by atoms with Gasteiger partial charge in [-0.1, -0.05) is 176 Å². The Hall–Kier alpha value is -7.52. The molecule has 0 aliphatic rings. The topological polar surface area (TPSA) is 43.0 Å². The van der Waals surface area contributed by atoms with E-state index in [2.05, 4.69) is 120 Å². The van der Waals surface area contributed by atoms with Crippen LogP contribution in [0.4, 0.5) is 5.69 Å². The summed E-state index contributed by atoms with van der Waals surface area (Å²) in [4.78, 5) is 18.6. The molecule has 5 heteroatoms. The molecule has 266 valence electrons. The van der Waals surface area contributed by atoms with E-state index in [1.165, 1.54) is 42.4 Å². The minimum absolute atomic E-state index is 0.621. The van der Waals surface area contributed by atoms with E-state index in [4.69, 9.17) is 21.5 Å². The van der Waals surface area contributed by atoms with Crippen LogP contribution in [0, 0.1) is 6.57 Å². The molecule has 2 aromatic heterocycles. The zero-order valence-electron chi connectivity index (χ0n) is 30.7. The van der Waals surface area contributed by atoms with Gasteiger partial charge in [-0.3, -0.25) is 0 Å². The molecule has 0 fully saturated rings. The van der Waals surface area contributed by atoms with Crippen molar-refractivity contribution in [1.82, 2.24) is 15.0 Å². The Bertz CT molecular complexity index is 3040. The van der Waals surface area contributed by atoms with E-state index in [0.29, 0.717) is 23.2 Å². The van der Waals surface area contributed by atoms with Crippen LogP contribution < -0.4 is 0 Å². The highest BCUT2D eigenvalue weighted by Gasteiger charge is 2.20. The van der Waals surface area contributed by atoms with Crippen LogP contribution in [-0.4, -0.2) is 15.0 Å². The molecule has 2 heterocycles. The van der Waals surface area contributed by atoms with Gasteiger partial charge in [-0.2, -0.15) is 0 Å². The predicted octanol–water partition coefficient (Wildman–Crippen LogP) is 14.5. The lowest BCUT2D eigenvalue weighted by Gasteiger charge is -2.12. The average molecular weight is 745 g/mol. The highest BCUT2D eigenvalue weighted by Crippen LogP contribution is 2.49. The zero-order chi connectivity index (χ0) is 38.1. The fraction of sp³-hybridized carbons (Fsp3) is 0. The van der Waals surface area contributed by atoms with Crippen LogP contribution in [0.25, 0.3) is 104 Å². The van der Waals surface area contributed by atoms with Crippen molar-refractivity contribution in [3.8, 4) is 78.7 Å². The van der Waals surface area contributed by atoms with E-state index in [1.54, 1.807) is 0 Å². The normalized spacial score (nSPS) is 11.1. The summed E-state index contributed by atoms with van der Waals surface area (Å²) < 4.78 is 2.42. The molecule has 0 atom stereocenters. The average Bonchev–Trinajstić information content (AvgIpc) is 3.69. The third-order valence-corrected chi connectivity index (χ3v) is 11.6. The number of rotatable bonds is 7. The Morgan fingerprint density at radius 1 is 0.351 bits per heavy atom. The second kappa shape index (κ2) is 14.6. The molecule has 0 saturated carbocycles. The summed E-state index contributed by atoms with van der Waals surface area (Å²) in [5, 5.41) is 2.40. The van der Waals surface area contributed by atoms with Crippen molar-refractivity contribution in [2.75, 3.05) is 0 Å². The van der Waals surface area contributed by atoms with Crippen LogP contribution in [0.15, 0.2) is 194 Å². The lowest BCUT2D eigenvalue weighted by Crippen LogP contribution is -2.00. The lowest BCUT2D eigenvalue weighted by atomic mass is 9.91. The molecule has 0 amide bonds. The van der Waals surface area contributed by atoms with Gasteiger partial charge < -0.3 is 0 Å². The van der Waals surface area contributed by atoms with Crippen molar-refractivity contribution in [2.24, 2.45) is 0 Å². The van der Waals surface area contributed by atoms with Gasteiger partial charge in [-0.05, 0) is 57.1 Å². The van der Waals surface area contributed by atoms with Gasteiger partial charge >= 0.3 is 0 Å². The minimum Gasteiger partial charge on any atom is -0.238 e. The third-order valence-electron chi connectivity index (χ3n) is 10.4. The molecule has 0 N–H and O–H groups in total. The largest absolute Gasteiger partial charge is 0.238 e. The highest BCUT2D eigenvalue weighted by atomic mass is 32.1. The van der Waals surface area contributed by atoms with Crippen LogP contribution >= 0.6 is 11.3 Å². The van der Waals surface area contributed by atoms with Crippen molar-refractivity contribution < 1.29 is 0 Å². The van der Waals surface area contributed by atoms with Gasteiger partial charge in [0.2, 0.25) is 0 Å². The van der Waals surface area contributed by atoms with Crippen molar-refractivity contribution in [1.29, 1.82) is 0 Å². The van der Waals surface area contributed by atoms with Crippen LogP contribution in [0.2, 0.25) is 0 Å². The first-order chi connectivity index (χ1) is 28.2. The summed E-state index contributed by atoms with van der Waals surface area (Å²) >= 11 is 1.83. The van der Waals surface area contributed by atoms with Gasteiger partial charge in [0, 0.05) is 42.4 Å². The summed E-state index contributed by atoms with van der Waals surface area (Å²) in [5.74, 6) is 1.89. The molecule has 0 saturated heterocycles. The van der Waals surface area contributed by atoms with E-state index in [0.717, 1.165) is 38.9 Å².